The predicted molar refractivity (Wildman–Crippen MR) is 60.1 cm³/mol. The van der Waals surface area contributed by atoms with E-state index in [1.807, 2.05) is 13.8 Å². The van der Waals surface area contributed by atoms with Gasteiger partial charge in [0.05, 0.1) is 0 Å². The van der Waals surface area contributed by atoms with Crippen LogP contribution in [0.3, 0.4) is 0 Å². The van der Waals surface area contributed by atoms with Crippen LogP contribution in [0.4, 0.5) is 0 Å². The molecule has 0 aliphatic carbocycles. The topological polar surface area (TPSA) is 29.1 Å². The van der Waals surface area contributed by atoms with Crippen molar-refractivity contribution in [1.82, 2.24) is 5.32 Å². The number of amides is 1. The van der Waals surface area contributed by atoms with Crippen LogP contribution in [0.25, 0.3) is 0 Å². The molecule has 0 aromatic rings. The summed E-state index contributed by atoms with van der Waals surface area (Å²) < 4.78 is 0. The first-order valence-corrected chi connectivity index (χ1v) is 6.01. The van der Waals surface area contributed by atoms with Gasteiger partial charge in [-0.3, -0.25) is 4.79 Å². The highest BCUT2D eigenvalue weighted by molar-refractivity contribution is 9.09. The van der Waals surface area contributed by atoms with E-state index < -0.39 is 0 Å². The molecule has 0 aliphatic rings. The van der Waals surface area contributed by atoms with Crippen LogP contribution in [-0.2, 0) is 4.79 Å². The van der Waals surface area contributed by atoms with E-state index in [2.05, 4.69) is 35.1 Å². The van der Waals surface area contributed by atoms with Crippen LogP contribution in [-0.4, -0.2) is 16.8 Å². The molecule has 78 valence electrons. The van der Waals surface area contributed by atoms with E-state index in [4.69, 9.17) is 0 Å². The summed E-state index contributed by atoms with van der Waals surface area (Å²) in [6.45, 7) is 8.04. The van der Waals surface area contributed by atoms with Crippen molar-refractivity contribution in [3.8, 4) is 0 Å². The number of rotatable bonds is 5. The van der Waals surface area contributed by atoms with Crippen LogP contribution < -0.4 is 5.32 Å². The van der Waals surface area contributed by atoms with Crippen molar-refractivity contribution in [3.63, 3.8) is 0 Å². The van der Waals surface area contributed by atoms with Crippen LogP contribution in [0.2, 0.25) is 0 Å². The fourth-order valence-electron chi connectivity index (χ4n) is 1.05. The maximum absolute atomic E-state index is 11.5. The van der Waals surface area contributed by atoms with Crippen LogP contribution in [0.1, 0.15) is 40.5 Å². The highest BCUT2D eigenvalue weighted by atomic mass is 79.9. The third-order valence-electron chi connectivity index (χ3n) is 2.52. The van der Waals surface area contributed by atoms with Gasteiger partial charge in [0.1, 0.15) is 0 Å². The first kappa shape index (κ1) is 12.9. The molecule has 13 heavy (non-hydrogen) atoms. The number of hydrogen-bond acceptors (Lipinski definition) is 1. The maximum atomic E-state index is 11.5. The lowest BCUT2D eigenvalue weighted by atomic mass is 9.94. The lowest BCUT2D eigenvalue weighted by molar-refractivity contribution is -0.125. The average molecular weight is 250 g/mol. The number of alkyl halides is 1. The second-order valence-corrected chi connectivity index (χ2v) is 4.33. The van der Waals surface area contributed by atoms with Crippen molar-refractivity contribution in [2.45, 2.75) is 46.1 Å². The van der Waals surface area contributed by atoms with Gasteiger partial charge < -0.3 is 5.32 Å². The lowest BCUT2D eigenvalue weighted by Gasteiger charge is -2.31. The molecule has 0 radical (unpaired) electrons. The van der Waals surface area contributed by atoms with Crippen molar-refractivity contribution < 1.29 is 4.79 Å². The first-order chi connectivity index (χ1) is 6.01. The minimum atomic E-state index is -0.0542. The van der Waals surface area contributed by atoms with Gasteiger partial charge in [-0.2, -0.15) is 0 Å². The fraction of sp³-hybridized carbons (Fsp3) is 0.900. The van der Waals surface area contributed by atoms with Gasteiger partial charge in [0, 0.05) is 16.8 Å². The van der Waals surface area contributed by atoms with Crippen molar-refractivity contribution >= 4 is 21.8 Å². The van der Waals surface area contributed by atoms with E-state index in [1.54, 1.807) is 0 Å². The van der Waals surface area contributed by atoms with Crippen LogP contribution in [0, 0.1) is 5.92 Å². The Morgan fingerprint density at radius 3 is 2.08 bits per heavy atom. The summed E-state index contributed by atoms with van der Waals surface area (Å²) in [5, 5.41) is 3.92. The van der Waals surface area contributed by atoms with Crippen molar-refractivity contribution in [3.05, 3.63) is 0 Å². The third-order valence-corrected chi connectivity index (χ3v) is 3.60. The van der Waals surface area contributed by atoms with E-state index in [0.717, 1.165) is 18.2 Å². The fourth-order valence-corrected chi connectivity index (χ4v) is 1.99. The molecule has 2 nitrogen and oxygen atoms in total. The summed E-state index contributed by atoms with van der Waals surface area (Å²) >= 11 is 3.46. The Morgan fingerprint density at radius 2 is 1.85 bits per heavy atom. The number of carbonyl (C=O) groups excluding carboxylic acids is 1. The Hall–Kier alpha value is -0.0500. The van der Waals surface area contributed by atoms with Gasteiger partial charge in [-0.15, -0.1) is 0 Å². The number of halogens is 1. The molecule has 1 N–H and O–H groups in total. The zero-order valence-corrected chi connectivity index (χ0v) is 10.6. The Bertz CT molecular complexity index is 156. The maximum Gasteiger partial charge on any atom is 0.223 e. The zero-order chi connectivity index (χ0) is 10.5. The van der Waals surface area contributed by atoms with Gasteiger partial charge in [-0.05, 0) is 12.8 Å². The quantitative estimate of drug-likeness (QED) is 0.747. The molecule has 0 aromatic carbocycles. The molecule has 1 amide bonds. The lowest BCUT2D eigenvalue weighted by Crippen LogP contribution is -2.50. The Kier molecular flexibility index (Phi) is 5.61. The van der Waals surface area contributed by atoms with Gasteiger partial charge in [-0.25, -0.2) is 0 Å². The van der Waals surface area contributed by atoms with Crippen LogP contribution >= 0.6 is 15.9 Å². The zero-order valence-electron chi connectivity index (χ0n) is 8.98. The molecule has 0 saturated heterocycles. The SMILES string of the molecule is CCC(CC)(CBr)NC(=O)C(C)C. The summed E-state index contributed by atoms with van der Waals surface area (Å²) in [6.07, 6.45) is 1.93. The van der Waals surface area contributed by atoms with Gasteiger partial charge in [-0.1, -0.05) is 43.6 Å². The molecule has 0 rings (SSSR count). The van der Waals surface area contributed by atoms with Crippen molar-refractivity contribution in [2.75, 3.05) is 5.33 Å². The van der Waals surface area contributed by atoms with E-state index >= 15 is 0 Å². The molecular weight excluding hydrogens is 230 g/mol. The van der Waals surface area contributed by atoms with Crippen molar-refractivity contribution in [2.24, 2.45) is 5.92 Å². The van der Waals surface area contributed by atoms with E-state index in [9.17, 15) is 4.79 Å². The first-order valence-electron chi connectivity index (χ1n) is 4.89. The molecule has 0 fully saturated rings. The van der Waals surface area contributed by atoms with Gasteiger partial charge in [0.2, 0.25) is 5.91 Å². The molecule has 0 spiro atoms. The molecule has 0 heterocycles. The minimum absolute atomic E-state index is 0.0542. The molecule has 0 bridgehead atoms. The molecule has 3 heteroatoms. The Morgan fingerprint density at radius 1 is 1.38 bits per heavy atom. The van der Waals surface area contributed by atoms with Crippen molar-refractivity contribution in [1.29, 1.82) is 0 Å². The molecule has 0 atom stereocenters. The molecule has 0 aliphatic heterocycles. The Balaban J connectivity index is 4.33. The third kappa shape index (κ3) is 3.67. The number of nitrogens with one attached hydrogen (secondary N) is 1. The molecule has 0 aromatic heterocycles. The summed E-state index contributed by atoms with van der Waals surface area (Å²) in [4.78, 5) is 11.5. The molecule has 0 unspecified atom stereocenters. The highest BCUT2D eigenvalue weighted by Crippen LogP contribution is 2.18. The molecule has 0 saturated carbocycles. The van der Waals surface area contributed by atoms with Crippen LogP contribution in [0.15, 0.2) is 0 Å². The second-order valence-electron chi connectivity index (χ2n) is 3.77. The highest BCUT2D eigenvalue weighted by Gasteiger charge is 2.27. The predicted octanol–water partition coefficient (Wildman–Crippen LogP) is 2.71. The average Bonchev–Trinajstić information content (AvgIpc) is 2.14. The minimum Gasteiger partial charge on any atom is -0.350 e. The Labute approximate surface area is 89.6 Å². The van der Waals surface area contributed by atoms with Gasteiger partial charge >= 0.3 is 0 Å². The summed E-state index contributed by atoms with van der Waals surface area (Å²) in [6, 6.07) is 0. The normalized spacial score (nSPS) is 11.8. The smallest absolute Gasteiger partial charge is 0.223 e. The monoisotopic (exact) mass is 249 g/mol. The summed E-state index contributed by atoms with van der Waals surface area (Å²) in [5.74, 6) is 0.208. The molecular formula is C10H20BrNO. The van der Waals surface area contributed by atoms with Gasteiger partial charge in [0.15, 0.2) is 0 Å². The second kappa shape index (κ2) is 5.63. The van der Waals surface area contributed by atoms with Crippen LogP contribution in [0.5, 0.6) is 0 Å². The van der Waals surface area contributed by atoms with E-state index in [1.165, 1.54) is 0 Å². The largest absolute Gasteiger partial charge is 0.350 e. The standard InChI is InChI=1S/C10H20BrNO/c1-5-10(6-2,7-11)12-9(13)8(3)4/h8H,5-7H2,1-4H3,(H,12,13). The van der Waals surface area contributed by atoms with E-state index in [-0.39, 0.29) is 17.4 Å². The number of hydrogen-bond donors (Lipinski definition) is 1. The van der Waals surface area contributed by atoms with Gasteiger partial charge in [0.25, 0.3) is 0 Å². The van der Waals surface area contributed by atoms with E-state index in [0.29, 0.717) is 0 Å². The summed E-state index contributed by atoms with van der Waals surface area (Å²) in [7, 11) is 0. The summed E-state index contributed by atoms with van der Waals surface area (Å²) in [5.41, 5.74) is -0.0542. The number of carbonyl (C=O) groups is 1.